The van der Waals surface area contributed by atoms with Crippen LogP contribution in [-0.2, 0) is 4.57 Å². The predicted octanol–water partition coefficient (Wildman–Crippen LogP) is -5.03. The van der Waals surface area contributed by atoms with Gasteiger partial charge in [0.15, 0.2) is 0 Å². The Morgan fingerprint density at radius 2 is 1.23 bits per heavy atom. The summed E-state index contributed by atoms with van der Waals surface area (Å²) in [7, 11) is -4.14. The van der Waals surface area contributed by atoms with Crippen molar-refractivity contribution < 1.29 is 36.0 Å². The maximum Gasteiger partial charge on any atom is 0.0974 e. The van der Waals surface area contributed by atoms with Gasteiger partial charge in [-0.3, -0.25) is 0 Å². The highest BCUT2D eigenvalue weighted by atomic mass is 31.2. The molecule has 0 aliphatic heterocycles. The van der Waals surface area contributed by atoms with Gasteiger partial charge in [0, 0.05) is 0 Å². The van der Waals surface area contributed by atoms with Crippen molar-refractivity contribution in [1.82, 2.24) is 0 Å². The van der Waals surface area contributed by atoms with Crippen LogP contribution in [0.3, 0.4) is 0 Å². The average molecular weight is 218 g/mol. The second-order valence-electron chi connectivity index (χ2n) is 1.93. The van der Waals surface area contributed by atoms with Crippen molar-refractivity contribution in [1.29, 1.82) is 0 Å². The standard InChI is InChI=1S/2C2H7NO.CH5O3P/c2*3-1-2-4;1-5(2,3)4/h2*4H,1-3H2;1H3,(H2,2,3,4). The zero-order chi connectivity index (χ0) is 11.3. The summed E-state index contributed by atoms with van der Waals surface area (Å²) in [5.41, 5.74) is 6.71. The Balaban J connectivity index is -0.000000117. The first-order chi connectivity index (χ1) is 5.83. The first-order valence-corrected chi connectivity index (χ1v) is 5.62. The van der Waals surface area contributed by atoms with Crippen LogP contribution in [0, 0.1) is 0 Å². The summed E-state index contributed by atoms with van der Waals surface area (Å²) in [6.07, 6.45) is 0. The molecule has 0 bridgehead atoms. The highest BCUT2D eigenvalue weighted by molar-refractivity contribution is 7.47. The lowest BCUT2D eigenvalue weighted by Crippen LogP contribution is -2.51. The first-order valence-electron chi connectivity index (χ1n) is 3.63. The Hall–Kier alpha value is -0.0100. The summed E-state index contributed by atoms with van der Waals surface area (Å²) in [5.74, 6) is 0. The second-order valence-corrected chi connectivity index (χ2v) is 3.47. The Morgan fingerprint density at radius 1 is 1.15 bits per heavy atom. The fourth-order valence-corrected chi connectivity index (χ4v) is 0. The second kappa shape index (κ2) is 14.5. The van der Waals surface area contributed by atoms with Crippen LogP contribution >= 0.6 is 7.60 Å². The molecule has 13 heavy (non-hydrogen) atoms. The van der Waals surface area contributed by atoms with Gasteiger partial charge < -0.3 is 36.0 Å². The van der Waals surface area contributed by atoms with Gasteiger partial charge in [0.1, 0.15) is 0 Å². The Bertz CT molecular complexity index is 101. The molecule has 0 heterocycles. The lowest BCUT2D eigenvalue weighted by atomic mass is 10.8. The first kappa shape index (κ1) is 18.7. The third-order valence-corrected chi connectivity index (χ3v) is 0.316. The molecule has 0 saturated carbocycles. The van der Waals surface area contributed by atoms with Crippen LogP contribution in [0.2, 0.25) is 0 Å². The lowest BCUT2D eigenvalue weighted by molar-refractivity contribution is -0.372. The predicted molar refractivity (Wildman–Crippen MR) is 43.2 cm³/mol. The van der Waals surface area contributed by atoms with Crippen LogP contribution in [0.4, 0.5) is 0 Å². The van der Waals surface area contributed by atoms with E-state index in [9.17, 15) is 0 Å². The molecule has 0 radical (unpaired) electrons. The van der Waals surface area contributed by atoms with E-state index in [1.54, 1.807) is 0 Å². The zero-order valence-electron chi connectivity index (χ0n) is 7.81. The maximum atomic E-state index is 9.10. The molecule has 0 saturated heterocycles. The summed E-state index contributed by atoms with van der Waals surface area (Å²) in [6.45, 7) is 2.30. The SMILES string of the molecule is CP(=O)([O-])[O-].[NH3+]CCO.[NH3+]CCO. The topological polar surface area (TPSA) is 159 Å². The molecule has 8 heteroatoms. The molecule has 0 aliphatic rings. The van der Waals surface area contributed by atoms with E-state index in [4.69, 9.17) is 24.6 Å². The molecule has 0 aromatic rings. The van der Waals surface area contributed by atoms with Crippen molar-refractivity contribution in [2.24, 2.45) is 0 Å². The van der Waals surface area contributed by atoms with Crippen LogP contribution in [0.25, 0.3) is 0 Å². The summed E-state index contributed by atoms with van der Waals surface area (Å²) >= 11 is 0. The molecule has 0 aromatic carbocycles. The monoisotopic (exact) mass is 218 g/mol. The van der Waals surface area contributed by atoms with Gasteiger partial charge in [0.05, 0.1) is 26.3 Å². The van der Waals surface area contributed by atoms with E-state index in [1.807, 2.05) is 0 Å². The van der Waals surface area contributed by atoms with Crippen molar-refractivity contribution in [2.75, 3.05) is 33.0 Å². The normalized spacial score (nSPS) is 9.15. The average Bonchev–Trinajstić information content (AvgIpc) is 2.01. The lowest BCUT2D eigenvalue weighted by Gasteiger charge is -2.22. The Labute approximate surface area is 77.5 Å². The minimum Gasteiger partial charge on any atom is -0.811 e. The van der Waals surface area contributed by atoms with Gasteiger partial charge in [0.25, 0.3) is 0 Å². The summed E-state index contributed by atoms with van der Waals surface area (Å²) in [6, 6.07) is 0. The van der Waals surface area contributed by atoms with Gasteiger partial charge in [-0.2, -0.15) is 0 Å². The number of hydrogen-bond acceptors (Lipinski definition) is 5. The quantitative estimate of drug-likeness (QED) is 0.341. The third kappa shape index (κ3) is 302. The van der Waals surface area contributed by atoms with Crippen molar-refractivity contribution >= 4 is 7.60 Å². The minimum atomic E-state index is -4.14. The molecule has 0 fully saturated rings. The molecule has 0 rings (SSSR count). The van der Waals surface area contributed by atoms with Crippen molar-refractivity contribution in [3.05, 3.63) is 0 Å². The molecule has 0 amide bonds. The highest BCUT2D eigenvalue weighted by Gasteiger charge is 1.62. The van der Waals surface area contributed by atoms with Crippen LogP contribution < -0.4 is 21.3 Å². The van der Waals surface area contributed by atoms with Gasteiger partial charge in [-0.1, -0.05) is 7.60 Å². The number of aliphatic hydroxyl groups excluding tert-OH is 2. The summed E-state index contributed by atoms with van der Waals surface area (Å²) in [5, 5.41) is 15.6. The van der Waals surface area contributed by atoms with Crippen LogP contribution in [0.1, 0.15) is 0 Å². The van der Waals surface area contributed by atoms with Gasteiger partial charge in [-0.15, -0.1) is 0 Å². The molecular formula is C5H19N2O5P. The van der Waals surface area contributed by atoms with Crippen molar-refractivity contribution in [3.8, 4) is 0 Å². The van der Waals surface area contributed by atoms with Crippen LogP contribution in [-0.4, -0.2) is 43.2 Å². The van der Waals surface area contributed by atoms with E-state index in [0.29, 0.717) is 19.8 Å². The number of quaternary nitrogens is 2. The molecule has 0 atom stereocenters. The van der Waals surface area contributed by atoms with E-state index < -0.39 is 7.60 Å². The smallest absolute Gasteiger partial charge is 0.0974 e. The number of hydrogen-bond donors (Lipinski definition) is 4. The van der Waals surface area contributed by atoms with E-state index >= 15 is 0 Å². The molecule has 0 unspecified atom stereocenters. The maximum absolute atomic E-state index is 9.10. The Morgan fingerprint density at radius 3 is 1.23 bits per heavy atom. The largest absolute Gasteiger partial charge is 0.811 e. The molecule has 0 aliphatic carbocycles. The fraction of sp³-hybridized carbons (Fsp3) is 1.00. The van der Waals surface area contributed by atoms with Crippen LogP contribution in [0.5, 0.6) is 0 Å². The van der Waals surface area contributed by atoms with E-state index in [-0.39, 0.29) is 13.2 Å². The fourth-order valence-electron chi connectivity index (χ4n) is 0. The number of aliphatic hydroxyl groups is 2. The van der Waals surface area contributed by atoms with E-state index in [1.165, 1.54) is 0 Å². The van der Waals surface area contributed by atoms with Gasteiger partial charge >= 0.3 is 0 Å². The van der Waals surface area contributed by atoms with Gasteiger partial charge in [0.2, 0.25) is 0 Å². The molecular weight excluding hydrogens is 199 g/mol. The molecule has 84 valence electrons. The summed E-state index contributed by atoms with van der Waals surface area (Å²) in [4.78, 5) is 18.2. The van der Waals surface area contributed by atoms with Gasteiger partial charge in [-0.25, -0.2) is 0 Å². The van der Waals surface area contributed by atoms with Crippen LogP contribution in [0.15, 0.2) is 0 Å². The van der Waals surface area contributed by atoms with E-state index in [2.05, 4.69) is 11.5 Å². The molecule has 0 spiro atoms. The summed E-state index contributed by atoms with van der Waals surface area (Å²) < 4.78 is 9.10. The third-order valence-electron chi connectivity index (χ3n) is 0.316. The molecule has 8 N–H and O–H groups in total. The van der Waals surface area contributed by atoms with Gasteiger partial charge in [-0.05, 0) is 6.66 Å². The van der Waals surface area contributed by atoms with Crippen molar-refractivity contribution in [2.45, 2.75) is 0 Å². The number of rotatable bonds is 2. The van der Waals surface area contributed by atoms with Crippen molar-refractivity contribution in [3.63, 3.8) is 0 Å². The highest BCUT2D eigenvalue weighted by Crippen LogP contribution is 2.12. The zero-order valence-corrected chi connectivity index (χ0v) is 8.70. The molecule has 7 nitrogen and oxygen atoms in total. The molecule has 0 aromatic heterocycles. The Kier molecular flexibility index (Phi) is 20.9. The minimum absolute atomic E-state index is 0.208. The van der Waals surface area contributed by atoms with E-state index in [0.717, 1.165) is 0 Å².